The van der Waals surface area contributed by atoms with E-state index in [-0.39, 0.29) is 12.5 Å². The molecule has 0 aliphatic carbocycles. The summed E-state index contributed by atoms with van der Waals surface area (Å²) in [6, 6.07) is 14.0. The number of hydrogen-bond donors (Lipinski definition) is 1. The minimum Gasteiger partial charge on any atom is -0.490 e. The molecule has 0 radical (unpaired) electrons. The lowest BCUT2D eigenvalue weighted by molar-refractivity contribution is -0.123. The first-order valence-corrected chi connectivity index (χ1v) is 7.43. The molecule has 6 heteroatoms. The molecule has 1 amide bonds. The van der Waals surface area contributed by atoms with Gasteiger partial charge < -0.3 is 14.8 Å². The van der Waals surface area contributed by atoms with Gasteiger partial charge in [0.1, 0.15) is 18.1 Å². The fourth-order valence-electron chi connectivity index (χ4n) is 1.64. The maximum Gasteiger partial charge on any atom is 0.258 e. The summed E-state index contributed by atoms with van der Waals surface area (Å²) in [6.45, 7) is 0.637. The van der Waals surface area contributed by atoms with E-state index in [1.807, 2.05) is 12.1 Å². The summed E-state index contributed by atoms with van der Waals surface area (Å²) in [5.41, 5.74) is 0. The fraction of sp³-hybridized carbons (Fsp3) is 0.188. The zero-order valence-corrected chi connectivity index (χ0v) is 13.2. The Labute approximate surface area is 138 Å². The van der Waals surface area contributed by atoms with E-state index in [0.29, 0.717) is 34.7 Å². The van der Waals surface area contributed by atoms with Crippen molar-refractivity contribution in [1.82, 2.24) is 5.32 Å². The predicted molar refractivity (Wildman–Crippen MR) is 86.9 cm³/mol. The smallest absolute Gasteiger partial charge is 0.258 e. The second-order valence-electron chi connectivity index (χ2n) is 4.37. The van der Waals surface area contributed by atoms with Crippen LogP contribution in [0.25, 0.3) is 0 Å². The van der Waals surface area contributed by atoms with Crippen LogP contribution in [0.2, 0.25) is 10.0 Å². The molecule has 0 aliphatic heterocycles. The first-order chi connectivity index (χ1) is 10.6. The molecule has 2 rings (SSSR count). The van der Waals surface area contributed by atoms with Gasteiger partial charge in [0, 0.05) is 5.02 Å². The third-order valence-electron chi connectivity index (χ3n) is 2.70. The Bertz CT molecular complexity index is 617. The van der Waals surface area contributed by atoms with Crippen molar-refractivity contribution < 1.29 is 14.3 Å². The number of ether oxygens (including phenoxy) is 2. The van der Waals surface area contributed by atoms with Crippen LogP contribution < -0.4 is 14.8 Å². The molecule has 0 heterocycles. The van der Waals surface area contributed by atoms with E-state index in [1.165, 1.54) is 0 Å². The molecule has 0 saturated carbocycles. The van der Waals surface area contributed by atoms with Gasteiger partial charge in [-0.25, -0.2) is 0 Å². The summed E-state index contributed by atoms with van der Waals surface area (Å²) in [6.07, 6.45) is 0. The summed E-state index contributed by atoms with van der Waals surface area (Å²) in [4.78, 5) is 11.6. The van der Waals surface area contributed by atoms with Gasteiger partial charge in [0.05, 0.1) is 11.6 Å². The molecule has 0 saturated heterocycles. The van der Waals surface area contributed by atoms with E-state index >= 15 is 0 Å². The van der Waals surface area contributed by atoms with E-state index in [1.54, 1.807) is 36.4 Å². The van der Waals surface area contributed by atoms with Crippen molar-refractivity contribution >= 4 is 29.1 Å². The van der Waals surface area contributed by atoms with E-state index in [0.717, 1.165) is 0 Å². The maximum atomic E-state index is 11.6. The van der Waals surface area contributed by atoms with Crippen molar-refractivity contribution in [2.75, 3.05) is 19.8 Å². The van der Waals surface area contributed by atoms with Gasteiger partial charge in [0.2, 0.25) is 0 Å². The Hall–Kier alpha value is -1.91. The van der Waals surface area contributed by atoms with Crippen LogP contribution in [0.4, 0.5) is 0 Å². The SMILES string of the molecule is O=C(COc1ccc(Cl)cc1)NCCOc1ccccc1Cl. The maximum absolute atomic E-state index is 11.6. The second kappa shape index (κ2) is 8.51. The molecule has 2 aromatic rings. The first-order valence-electron chi connectivity index (χ1n) is 6.67. The lowest BCUT2D eigenvalue weighted by atomic mass is 10.3. The summed E-state index contributed by atoms with van der Waals surface area (Å²) in [7, 11) is 0. The van der Waals surface area contributed by atoms with E-state index in [4.69, 9.17) is 32.7 Å². The van der Waals surface area contributed by atoms with Crippen LogP contribution in [0.3, 0.4) is 0 Å². The highest BCUT2D eigenvalue weighted by Crippen LogP contribution is 2.22. The van der Waals surface area contributed by atoms with Crippen LogP contribution in [0, 0.1) is 0 Å². The van der Waals surface area contributed by atoms with Crippen LogP contribution in [-0.2, 0) is 4.79 Å². The molecule has 116 valence electrons. The Morgan fingerprint density at radius 1 is 1.00 bits per heavy atom. The zero-order chi connectivity index (χ0) is 15.8. The zero-order valence-electron chi connectivity index (χ0n) is 11.7. The van der Waals surface area contributed by atoms with Gasteiger partial charge in [0.15, 0.2) is 6.61 Å². The molecule has 0 aromatic heterocycles. The highest BCUT2D eigenvalue weighted by atomic mass is 35.5. The van der Waals surface area contributed by atoms with Gasteiger partial charge in [-0.1, -0.05) is 35.3 Å². The monoisotopic (exact) mass is 339 g/mol. The molecular weight excluding hydrogens is 325 g/mol. The van der Waals surface area contributed by atoms with Crippen LogP contribution in [0.5, 0.6) is 11.5 Å². The van der Waals surface area contributed by atoms with Gasteiger partial charge >= 0.3 is 0 Å². The summed E-state index contributed by atoms with van der Waals surface area (Å²) >= 11 is 11.7. The quantitative estimate of drug-likeness (QED) is 0.784. The molecule has 22 heavy (non-hydrogen) atoms. The van der Waals surface area contributed by atoms with Crippen molar-refractivity contribution in [2.24, 2.45) is 0 Å². The number of rotatable bonds is 7. The van der Waals surface area contributed by atoms with Crippen LogP contribution in [-0.4, -0.2) is 25.7 Å². The summed E-state index contributed by atoms with van der Waals surface area (Å²) in [5.74, 6) is 0.959. The molecule has 0 unspecified atom stereocenters. The molecule has 0 bridgehead atoms. The molecule has 0 aliphatic rings. The molecule has 0 spiro atoms. The normalized spacial score (nSPS) is 10.1. The van der Waals surface area contributed by atoms with Crippen molar-refractivity contribution in [2.45, 2.75) is 0 Å². The number of amides is 1. The second-order valence-corrected chi connectivity index (χ2v) is 5.22. The molecule has 0 fully saturated rings. The lowest BCUT2D eigenvalue weighted by Gasteiger charge is -2.09. The molecule has 4 nitrogen and oxygen atoms in total. The third-order valence-corrected chi connectivity index (χ3v) is 3.27. The van der Waals surface area contributed by atoms with Gasteiger partial charge in [-0.3, -0.25) is 4.79 Å². The Morgan fingerprint density at radius 3 is 2.45 bits per heavy atom. The predicted octanol–water partition coefficient (Wildman–Crippen LogP) is 3.57. The van der Waals surface area contributed by atoms with Gasteiger partial charge in [-0.15, -0.1) is 0 Å². The topological polar surface area (TPSA) is 47.6 Å². The van der Waals surface area contributed by atoms with Crippen molar-refractivity contribution in [1.29, 1.82) is 0 Å². The molecule has 1 N–H and O–H groups in total. The summed E-state index contributed by atoms with van der Waals surface area (Å²) in [5, 5.41) is 3.86. The Balaban J connectivity index is 1.64. The van der Waals surface area contributed by atoms with Crippen molar-refractivity contribution in [3.63, 3.8) is 0 Å². The van der Waals surface area contributed by atoms with Crippen molar-refractivity contribution in [3.8, 4) is 11.5 Å². The van der Waals surface area contributed by atoms with Gasteiger partial charge in [-0.05, 0) is 36.4 Å². The Kier molecular flexibility index (Phi) is 6.37. The number of benzene rings is 2. The summed E-state index contributed by atoms with van der Waals surface area (Å²) < 4.78 is 10.8. The number of carbonyl (C=O) groups is 1. The highest BCUT2D eigenvalue weighted by Gasteiger charge is 2.03. The van der Waals surface area contributed by atoms with Crippen LogP contribution in [0.1, 0.15) is 0 Å². The average Bonchev–Trinajstić information content (AvgIpc) is 2.52. The first kappa shape index (κ1) is 16.5. The number of halogens is 2. The van der Waals surface area contributed by atoms with E-state index in [2.05, 4.69) is 5.32 Å². The van der Waals surface area contributed by atoms with E-state index < -0.39 is 0 Å². The lowest BCUT2D eigenvalue weighted by Crippen LogP contribution is -2.32. The van der Waals surface area contributed by atoms with Gasteiger partial charge in [0.25, 0.3) is 5.91 Å². The largest absolute Gasteiger partial charge is 0.490 e. The number of carbonyl (C=O) groups excluding carboxylic acids is 1. The standard InChI is InChI=1S/C16H15Cl2NO3/c17-12-5-7-13(8-6-12)22-11-16(20)19-9-10-21-15-4-2-1-3-14(15)18/h1-8H,9-11H2,(H,19,20). The molecule has 0 atom stereocenters. The number of para-hydroxylation sites is 1. The average molecular weight is 340 g/mol. The Morgan fingerprint density at radius 2 is 1.73 bits per heavy atom. The van der Waals surface area contributed by atoms with Gasteiger partial charge in [-0.2, -0.15) is 0 Å². The third kappa shape index (κ3) is 5.47. The minimum atomic E-state index is -0.224. The van der Waals surface area contributed by atoms with Crippen LogP contribution in [0.15, 0.2) is 48.5 Å². The highest BCUT2D eigenvalue weighted by molar-refractivity contribution is 6.32. The van der Waals surface area contributed by atoms with E-state index in [9.17, 15) is 4.79 Å². The molecule has 2 aromatic carbocycles. The fourth-order valence-corrected chi connectivity index (χ4v) is 1.96. The minimum absolute atomic E-state index is 0.0618. The number of nitrogens with one attached hydrogen (secondary N) is 1. The number of hydrogen-bond acceptors (Lipinski definition) is 3. The van der Waals surface area contributed by atoms with Crippen LogP contribution >= 0.6 is 23.2 Å². The van der Waals surface area contributed by atoms with Crippen molar-refractivity contribution in [3.05, 3.63) is 58.6 Å². The molecular formula is C16H15Cl2NO3.